The Labute approximate surface area is 192 Å². The first kappa shape index (κ1) is 21.8. The molecule has 1 aliphatic heterocycles. The lowest BCUT2D eigenvalue weighted by molar-refractivity contribution is -0.389. The largest absolute Gasteiger partial charge is 0.389 e. The van der Waals surface area contributed by atoms with Crippen molar-refractivity contribution in [3.63, 3.8) is 0 Å². The quantitative estimate of drug-likeness (QED) is 0.391. The van der Waals surface area contributed by atoms with E-state index in [0.717, 1.165) is 30.8 Å². The summed E-state index contributed by atoms with van der Waals surface area (Å²) >= 11 is 13.6. The van der Waals surface area contributed by atoms with Gasteiger partial charge in [0.15, 0.2) is 0 Å². The molecule has 0 N–H and O–H groups in total. The van der Waals surface area contributed by atoms with Crippen molar-refractivity contribution in [2.75, 3.05) is 26.2 Å². The highest BCUT2D eigenvalue weighted by Crippen LogP contribution is 2.23. The Morgan fingerprint density at radius 3 is 2.58 bits per heavy atom. The smallest absolute Gasteiger partial charge is 0.358 e. The van der Waals surface area contributed by atoms with Gasteiger partial charge in [-0.2, -0.15) is 4.68 Å². The zero-order valence-corrected chi connectivity index (χ0v) is 18.7. The molecular weight excluding hydrogens is 461 g/mol. The molecule has 0 bridgehead atoms. The SMILES string of the molecule is O=C(c1cc(Cn2ccc([N+](=O)[O-])n2)cs1)N1CCN(Cc2ccc(Cl)cc2Cl)CC1. The van der Waals surface area contributed by atoms with Crippen molar-refractivity contribution in [3.8, 4) is 0 Å². The standard InChI is InChI=1S/C20H19Cl2N5O3S/c21-16-2-1-15(17(22)10-16)12-24-5-7-25(8-6-24)20(28)18-9-14(13-31-18)11-26-4-3-19(23-26)27(29)30/h1-4,9-10,13H,5-8,11-12H2. The second kappa shape index (κ2) is 9.35. The first-order valence-corrected chi connectivity index (χ1v) is 11.2. The van der Waals surface area contributed by atoms with Crippen molar-refractivity contribution in [1.82, 2.24) is 19.6 Å². The fourth-order valence-corrected chi connectivity index (χ4v) is 4.79. The predicted octanol–water partition coefficient (Wildman–Crippen LogP) is 4.17. The van der Waals surface area contributed by atoms with E-state index in [1.165, 1.54) is 22.1 Å². The number of hydrogen-bond acceptors (Lipinski definition) is 6. The molecule has 0 radical (unpaired) electrons. The molecule has 1 aromatic carbocycles. The molecule has 2 aromatic heterocycles. The minimum atomic E-state index is -0.528. The summed E-state index contributed by atoms with van der Waals surface area (Å²) in [6, 6.07) is 8.70. The third-order valence-corrected chi connectivity index (χ3v) is 6.65. The number of rotatable bonds is 6. The minimum absolute atomic E-state index is 0.00636. The molecule has 3 heterocycles. The third-order valence-electron chi connectivity index (χ3n) is 5.09. The molecule has 0 saturated carbocycles. The summed E-state index contributed by atoms with van der Waals surface area (Å²) in [6.45, 7) is 3.91. The highest BCUT2D eigenvalue weighted by Gasteiger charge is 2.24. The summed E-state index contributed by atoms with van der Waals surface area (Å²) in [6.07, 6.45) is 1.56. The van der Waals surface area contributed by atoms with E-state index in [1.807, 2.05) is 28.5 Å². The van der Waals surface area contributed by atoms with Gasteiger partial charge in [-0.05, 0) is 39.6 Å². The van der Waals surface area contributed by atoms with Gasteiger partial charge in [0, 0.05) is 42.8 Å². The van der Waals surface area contributed by atoms with E-state index < -0.39 is 4.92 Å². The molecule has 1 aliphatic rings. The van der Waals surface area contributed by atoms with E-state index in [9.17, 15) is 14.9 Å². The van der Waals surface area contributed by atoms with Crippen LogP contribution in [0.3, 0.4) is 0 Å². The minimum Gasteiger partial charge on any atom is -0.358 e. The first-order valence-electron chi connectivity index (χ1n) is 9.60. The Balaban J connectivity index is 1.32. The molecule has 11 heteroatoms. The Morgan fingerprint density at radius 2 is 1.90 bits per heavy atom. The van der Waals surface area contributed by atoms with Crippen molar-refractivity contribution >= 4 is 46.3 Å². The van der Waals surface area contributed by atoms with Gasteiger partial charge in [-0.25, -0.2) is 0 Å². The number of benzene rings is 1. The molecular formula is C20H19Cl2N5O3S. The van der Waals surface area contributed by atoms with Crippen molar-refractivity contribution < 1.29 is 9.72 Å². The maximum absolute atomic E-state index is 12.9. The highest BCUT2D eigenvalue weighted by atomic mass is 35.5. The Hall–Kier alpha value is -2.46. The van der Waals surface area contributed by atoms with E-state index in [0.29, 0.717) is 34.6 Å². The highest BCUT2D eigenvalue weighted by molar-refractivity contribution is 7.12. The lowest BCUT2D eigenvalue weighted by atomic mass is 10.2. The van der Waals surface area contributed by atoms with Crippen LogP contribution in [0.5, 0.6) is 0 Å². The summed E-state index contributed by atoms with van der Waals surface area (Å²) in [4.78, 5) is 27.9. The van der Waals surface area contributed by atoms with E-state index in [4.69, 9.17) is 23.2 Å². The van der Waals surface area contributed by atoms with E-state index in [1.54, 1.807) is 12.3 Å². The van der Waals surface area contributed by atoms with Crippen LogP contribution in [0, 0.1) is 10.1 Å². The van der Waals surface area contributed by atoms with Gasteiger partial charge < -0.3 is 15.0 Å². The summed E-state index contributed by atoms with van der Waals surface area (Å²) in [5.41, 5.74) is 1.91. The monoisotopic (exact) mass is 479 g/mol. The normalized spacial score (nSPS) is 14.7. The number of amides is 1. The second-order valence-electron chi connectivity index (χ2n) is 7.25. The van der Waals surface area contributed by atoms with Gasteiger partial charge in [0.05, 0.1) is 28.8 Å². The van der Waals surface area contributed by atoms with Crippen molar-refractivity contribution in [3.05, 3.63) is 78.1 Å². The average Bonchev–Trinajstić information content (AvgIpc) is 3.40. The average molecular weight is 480 g/mol. The summed E-state index contributed by atoms with van der Waals surface area (Å²) in [7, 11) is 0. The number of carbonyl (C=O) groups excluding carboxylic acids is 1. The second-order valence-corrected chi connectivity index (χ2v) is 9.01. The molecule has 1 fully saturated rings. The van der Waals surface area contributed by atoms with Crippen LogP contribution in [0.25, 0.3) is 0 Å². The van der Waals surface area contributed by atoms with Crippen molar-refractivity contribution in [1.29, 1.82) is 0 Å². The van der Waals surface area contributed by atoms with Crippen LogP contribution in [0.4, 0.5) is 5.82 Å². The molecule has 162 valence electrons. The molecule has 31 heavy (non-hydrogen) atoms. The molecule has 0 aliphatic carbocycles. The number of aromatic nitrogens is 2. The summed E-state index contributed by atoms with van der Waals surface area (Å²) in [5, 5.41) is 17.8. The van der Waals surface area contributed by atoms with Crippen LogP contribution in [-0.4, -0.2) is 56.6 Å². The van der Waals surface area contributed by atoms with Crippen LogP contribution in [-0.2, 0) is 13.1 Å². The Morgan fingerprint density at radius 1 is 1.13 bits per heavy atom. The van der Waals surface area contributed by atoms with Gasteiger partial charge in [0.25, 0.3) is 5.91 Å². The van der Waals surface area contributed by atoms with Crippen LogP contribution in [0.15, 0.2) is 41.9 Å². The van der Waals surface area contributed by atoms with Gasteiger partial charge in [-0.3, -0.25) is 9.69 Å². The van der Waals surface area contributed by atoms with Crippen LogP contribution < -0.4 is 0 Å². The predicted molar refractivity (Wildman–Crippen MR) is 120 cm³/mol. The zero-order valence-electron chi connectivity index (χ0n) is 16.4. The van der Waals surface area contributed by atoms with Crippen LogP contribution >= 0.6 is 34.5 Å². The fourth-order valence-electron chi connectivity index (χ4n) is 3.45. The van der Waals surface area contributed by atoms with Gasteiger partial charge in [0.2, 0.25) is 0 Å². The van der Waals surface area contributed by atoms with Crippen molar-refractivity contribution in [2.45, 2.75) is 13.1 Å². The van der Waals surface area contributed by atoms with Crippen LogP contribution in [0.2, 0.25) is 10.0 Å². The number of piperazine rings is 1. The maximum Gasteiger partial charge on any atom is 0.389 e. The number of nitro groups is 1. The number of halogens is 2. The van der Waals surface area contributed by atoms with E-state index in [-0.39, 0.29) is 11.7 Å². The van der Waals surface area contributed by atoms with Gasteiger partial charge in [-0.15, -0.1) is 11.3 Å². The number of carbonyl (C=O) groups is 1. The molecule has 8 nitrogen and oxygen atoms in total. The van der Waals surface area contributed by atoms with Gasteiger partial charge in [0.1, 0.15) is 0 Å². The topological polar surface area (TPSA) is 84.5 Å². The summed E-state index contributed by atoms with van der Waals surface area (Å²) < 4.78 is 1.50. The molecule has 0 spiro atoms. The lowest BCUT2D eigenvalue weighted by Gasteiger charge is -2.34. The summed E-state index contributed by atoms with van der Waals surface area (Å²) in [5.74, 6) is -0.184. The molecule has 4 rings (SSSR count). The number of nitrogens with zero attached hydrogens (tertiary/aromatic N) is 5. The fraction of sp³-hybridized carbons (Fsp3) is 0.300. The molecule has 1 amide bonds. The van der Waals surface area contributed by atoms with Crippen molar-refractivity contribution in [2.24, 2.45) is 0 Å². The van der Waals surface area contributed by atoms with E-state index in [2.05, 4.69) is 10.00 Å². The van der Waals surface area contributed by atoms with E-state index >= 15 is 0 Å². The van der Waals surface area contributed by atoms with Gasteiger partial charge >= 0.3 is 5.82 Å². The zero-order chi connectivity index (χ0) is 22.0. The van der Waals surface area contributed by atoms with Gasteiger partial charge in [-0.1, -0.05) is 29.3 Å². The number of hydrogen-bond donors (Lipinski definition) is 0. The molecule has 1 saturated heterocycles. The Kier molecular flexibility index (Phi) is 6.57. The third kappa shape index (κ3) is 5.24. The van der Waals surface area contributed by atoms with Crippen LogP contribution in [0.1, 0.15) is 20.8 Å². The number of thiophene rings is 1. The molecule has 3 aromatic rings. The molecule has 0 atom stereocenters. The maximum atomic E-state index is 12.9. The Bertz CT molecular complexity index is 1110. The lowest BCUT2D eigenvalue weighted by Crippen LogP contribution is -2.48. The molecule has 0 unspecified atom stereocenters. The first-order chi connectivity index (χ1) is 14.9.